The van der Waals surface area contributed by atoms with E-state index < -0.39 is 53.1 Å². The van der Waals surface area contributed by atoms with Crippen molar-refractivity contribution in [1.29, 1.82) is 0 Å². The van der Waals surface area contributed by atoms with E-state index in [0.29, 0.717) is 18.6 Å². The Kier molecular flexibility index (Phi) is 7.46. The molecule has 1 heterocycles. The summed E-state index contributed by atoms with van der Waals surface area (Å²) in [6.45, 7) is 5.75. The molecular formula is C34H47NO9. The van der Waals surface area contributed by atoms with Gasteiger partial charge >= 0.3 is 11.9 Å². The van der Waals surface area contributed by atoms with Crippen LogP contribution >= 0.6 is 0 Å². The third kappa shape index (κ3) is 3.58. The molecule has 10 nitrogen and oxygen atoms in total. The number of carbonyl (C=O) groups excluding carboxylic acids is 2. The highest BCUT2D eigenvalue weighted by Crippen LogP contribution is 2.80. The van der Waals surface area contributed by atoms with Gasteiger partial charge in [0.25, 0.3) is 0 Å². The van der Waals surface area contributed by atoms with Crippen LogP contribution in [-0.2, 0) is 33.2 Å². The summed E-state index contributed by atoms with van der Waals surface area (Å²) >= 11 is 0. The van der Waals surface area contributed by atoms with Gasteiger partial charge < -0.3 is 33.5 Å². The monoisotopic (exact) mass is 613 g/mol. The fourth-order valence-electron chi connectivity index (χ4n) is 12.3. The molecule has 0 radical (unpaired) electrons. The van der Waals surface area contributed by atoms with Crippen LogP contribution in [0.3, 0.4) is 0 Å². The number of hydrogen-bond donors (Lipinski definition) is 1. The third-order valence-corrected chi connectivity index (χ3v) is 13.0. The number of fused-ring (bicyclic) bond motifs is 2. The second-order valence-electron chi connectivity index (χ2n) is 14.1. The Bertz CT molecular complexity index is 1280. The second kappa shape index (κ2) is 10.7. The van der Waals surface area contributed by atoms with Crippen molar-refractivity contribution in [3.05, 3.63) is 35.9 Å². The number of aliphatic hydroxyl groups is 1. The van der Waals surface area contributed by atoms with Gasteiger partial charge in [-0.1, -0.05) is 25.1 Å². The van der Waals surface area contributed by atoms with Crippen molar-refractivity contribution >= 4 is 11.9 Å². The maximum Gasteiger partial charge on any atom is 0.338 e. The van der Waals surface area contributed by atoms with Crippen LogP contribution in [0.2, 0.25) is 0 Å². The van der Waals surface area contributed by atoms with Gasteiger partial charge in [0, 0.05) is 82.5 Å². The standard InChI is InChI=1S/C34H47NO9/c1-7-35-16-32(17-39-3)14-13-22(40-4)33-21-15-20-25(43-31(38)19-11-9-8-10-12-19)23(21)34(44-18(2)36,30(37)26(20)41-5)24(29(33)35)27(42-6)28(32)33/h8-12,20-30,37H,7,13-17H2,1-6H3. The molecule has 0 amide bonds. The Balaban J connectivity index is 1.49. The molecule has 1 aliphatic heterocycles. The lowest BCUT2D eigenvalue weighted by Gasteiger charge is -2.69. The Morgan fingerprint density at radius 1 is 1.00 bits per heavy atom. The molecule has 10 heteroatoms. The first-order chi connectivity index (χ1) is 21.2. The smallest absolute Gasteiger partial charge is 0.338 e. The van der Waals surface area contributed by atoms with Crippen LogP contribution in [0.25, 0.3) is 0 Å². The van der Waals surface area contributed by atoms with Gasteiger partial charge in [0.1, 0.15) is 12.2 Å². The zero-order chi connectivity index (χ0) is 31.2. The first-order valence-corrected chi connectivity index (χ1v) is 16.2. The zero-order valence-electron chi connectivity index (χ0n) is 26.6. The summed E-state index contributed by atoms with van der Waals surface area (Å²) in [5.41, 5.74) is -1.58. The average Bonchev–Trinajstić information content (AvgIpc) is 3.45. The van der Waals surface area contributed by atoms with E-state index in [1.807, 2.05) is 18.2 Å². The SMILES string of the molecule is CCN1CC2(COC)CCC(OC)C34C5CC6C(OC)C(O)C(OC(C)=O)(C5C6OC(=O)c5ccccc5)C(C(OC)C23)C14. The molecule has 7 rings (SSSR count). The van der Waals surface area contributed by atoms with E-state index in [2.05, 4.69) is 11.8 Å². The van der Waals surface area contributed by atoms with Crippen LogP contribution in [-0.4, -0.2) is 112 Å². The van der Waals surface area contributed by atoms with Gasteiger partial charge in [-0.3, -0.25) is 9.69 Å². The average molecular weight is 614 g/mol. The van der Waals surface area contributed by atoms with Crippen LogP contribution in [0.15, 0.2) is 30.3 Å². The van der Waals surface area contributed by atoms with E-state index in [4.69, 9.17) is 28.4 Å². The van der Waals surface area contributed by atoms with Gasteiger partial charge in [-0.05, 0) is 43.9 Å². The molecule has 14 unspecified atom stereocenters. The summed E-state index contributed by atoms with van der Waals surface area (Å²) < 4.78 is 38.2. The lowest BCUT2D eigenvalue weighted by atomic mass is 9.43. The van der Waals surface area contributed by atoms with Crippen molar-refractivity contribution in [2.75, 3.05) is 48.1 Å². The van der Waals surface area contributed by atoms with Gasteiger partial charge in [0.05, 0.1) is 30.5 Å². The summed E-state index contributed by atoms with van der Waals surface area (Å²) in [7, 11) is 6.89. The number of esters is 2. The van der Waals surface area contributed by atoms with E-state index in [0.717, 1.165) is 25.9 Å². The molecule has 1 N–H and O–H groups in total. The highest BCUT2D eigenvalue weighted by Gasteiger charge is 2.89. The molecule has 1 spiro atoms. The van der Waals surface area contributed by atoms with Crippen molar-refractivity contribution in [2.24, 2.45) is 40.4 Å². The van der Waals surface area contributed by atoms with E-state index in [1.54, 1.807) is 40.6 Å². The normalized spacial score (nSPS) is 48.2. The Hall–Kier alpha value is -2.08. The van der Waals surface area contributed by atoms with Gasteiger partial charge in [-0.25, -0.2) is 4.79 Å². The molecule has 44 heavy (non-hydrogen) atoms. The van der Waals surface area contributed by atoms with Crippen LogP contribution in [0.1, 0.15) is 43.5 Å². The first kappa shape index (κ1) is 30.6. The summed E-state index contributed by atoms with van der Waals surface area (Å²) in [5, 5.41) is 12.5. The summed E-state index contributed by atoms with van der Waals surface area (Å²) in [6, 6.07) is 8.88. The molecule has 6 aliphatic rings. The Morgan fingerprint density at radius 2 is 1.73 bits per heavy atom. The van der Waals surface area contributed by atoms with Gasteiger partial charge in [0.15, 0.2) is 5.60 Å². The lowest BCUT2D eigenvalue weighted by Crippen LogP contribution is -2.79. The fourth-order valence-corrected chi connectivity index (χ4v) is 12.3. The molecule has 1 aromatic rings. The minimum absolute atomic E-state index is 0.0249. The topological polar surface area (TPSA) is 113 Å². The van der Waals surface area contributed by atoms with Crippen molar-refractivity contribution < 1.29 is 43.1 Å². The number of piperidine rings is 1. The van der Waals surface area contributed by atoms with E-state index >= 15 is 0 Å². The predicted octanol–water partition coefficient (Wildman–Crippen LogP) is 2.56. The summed E-state index contributed by atoms with van der Waals surface area (Å²) in [6.07, 6.45) is -0.506. The van der Waals surface area contributed by atoms with Gasteiger partial charge in [-0.15, -0.1) is 0 Å². The van der Waals surface area contributed by atoms with Crippen LogP contribution in [0.4, 0.5) is 0 Å². The molecular weight excluding hydrogens is 566 g/mol. The maximum absolute atomic E-state index is 13.7. The molecule has 5 saturated carbocycles. The summed E-state index contributed by atoms with van der Waals surface area (Å²) in [5.74, 6) is -2.16. The van der Waals surface area contributed by atoms with E-state index in [-0.39, 0.29) is 41.4 Å². The number of hydrogen-bond acceptors (Lipinski definition) is 10. The van der Waals surface area contributed by atoms with Crippen molar-refractivity contribution in [3.63, 3.8) is 0 Å². The van der Waals surface area contributed by atoms with Gasteiger partial charge in [0.2, 0.25) is 0 Å². The number of methoxy groups -OCH3 is 4. The highest BCUT2D eigenvalue weighted by molar-refractivity contribution is 5.89. The molecule has 1 saturated heterocycles. The fraction of sp³-hybridized carbons (Fsp3) is 0.765. The van der Waals surface area contributed by atoms with Gasteiger partial charge in [-0.2, -0.15) is 0 Å². The third-order valence-electron chi connectivity index (χ3n) is 13.0. The number of nitrogens with zero attached hydrogens (tertiary/aromatic N) is 1. The van der Waals surface area contributed by atoms with Crippen molar-refractivity contribution in [2.45, 2.75) is 75.3 Å². The second-order valence-corrected chi connectivity index (χ2v) is 14.1. The van der Waals surface area contributed by atoms with Crippen LogP contribution < -0.4 is 0 Å². The first-order valence-electron chi connectivity index (χ1n) is 16.2. The van der Waals surface area contributed by atoms with E-state index in [9.17, 15) is 14.7 Å². The number of ether oxygens (including phenoxy) is 6. The maximum atomic E-state index is 13.7. The van der Waals surface area contributed by atoms with Crippen LogP contribution in [0, 0.1) is 40.4 Å². The molecule has 1 aromatic carbocycles. The van der Waals surface area contributed by atoms with E-state index in [1.165, 1.54) is 6.92 Å². The summed E-state index contributed by atoms with van der Waals surface area (Å²) in [4.78, 5) is 29.5. The molecule has 14 atom stereocenters. The predicted molar refractivity (Wildman–Crippen MR) is 158 cm³/mol. The quantitative estimate of drug-likeness (QED) is 0.417. The number of likely N-dealkylation sites (tertiary alicyclic amines) is 1. The minimum atomic E-state index is -1.41. The molecule has 7 bridgehead atoms. The Labute approximate surface area is 259 Å². The van der Waals surface area contributed by atoms with Crippen LogP contribution in [0.5, 0.6) is 0 Å². The molecule has 242 valence electrons. The lowest BCUT2D eigenvalue weighted by molar-refractivity contribution is -0.303. The molecule has 5 aliphatic carbocycles. The molecule has 0 aromatic heterocycles. The largest absolute Gasteiger partial charge is 0.458 e. The minimum Gasteiger partial charge on any atom is -0.458 e. The number of benzene rings is 1. The van der Waals surface area contributed by atoms with Crippen molar-refractivity contribution in [3.8, 4) is 0 Å². The number of aliphatic hydroxyl groups excluding tert-OH is 1. The Morgan fingerprint density at radius 3 is 2.34 bits per heavy atom. The van der Waals surface area contributed by atoms with Crippen molar-refractivity contribution in [1.82, 2.24) is 4.90 Å². The number of carbonyl (C=O) groups is 2. The highest BCUT2D eigenvalue weighted by atomic mass is 16.6. The zero-order valence-corrected chi connectivity index (χ0v) is 26.6. The number of rotatable bonds is 9. The molecule has 6 fully saturated rings.